The summed E-state index contributed by atoms with van der Waals surface area (Å²) in [7, 11) is 2.96. The molecular formula is C40H36F3N3O3. The largest absolute Gasteiger partial charge is 0.496 e. The van der Waals surface area contributed by atoms with Crippen molar-refractivity contribution >= 4 is 18.4 Å². The Morgan fingerprint density at radius 1 is 0.796 bits per heavy atom. The molecular weight excluding hydrogens is 627 g/mol. The number of methoxy groups -OCH3 is 2. The molecule has 0 saturated carbocycles. The van der Waals surface area contributed by atoms with E-state index in [1.54, 1.807) is 13.2 Å². The summed E-state index contributed by atoms with van der Waals surface area (Å²) in [6, 6.07) is 24.2. The lowest BCUT2D eigenvalue weighted by molar-refractivity contribution is -0.137. The summed E-state index contributed by atoms with van der Waals surface area (Å²) in [5.74, 6) is 1.24. The molecule has 0 amide bonds. The van der Waals surface area contributed by atoms with E-state index < -0.39 is 11.7 Å². The summed E-state index contributed by atoms with van der Waals surface area (Å²) in [6.07, 6.45) is -0.455. The first kappa shape index (κ1) is 33.6. The van der Waals surface area contributed by atoms with Crippen molar-refractivity contribution in [1.82, 2.24) is 14.9 Å². The number of alkyl halides is 3. The van der Waals surface area contributed by atoms with Gasteiger partial charge < -0.3 is 9.47 Å². The number of carbonyl (C=O) groups is 1. The molecule has 0 saturated heterocycles. The molecule has 250 valence electrons. The van der Waals surface area contributed by atoms with Gasteiger partial charge in [0.1, 0.15) is 5.75 Å². The van der Waals surface area contributed by atoms with Gasteiger partial charge in [-0.15, -0.1) is 0 Å². The van der Waals surface area contributed by atoms with Crippen molar-refractivity contribution in [2.75, 3.05) is 20.8 Å². The normalized spacial score (nSPS) is 13.4. The number of aromatic nitrogens is 2. The lowest BCUT2D eigenvalue weighted by Gasteiger charge is -2.29. The third-order valence-electron chi connectivity index (χ3n) is 9.06. The third-order valence-corrected chi connectivity index (χ3v) is 9.06. The number of rotatable bonds is 9. The topological polar surface area (TPSA) is 64.6 Å². The summed E-state index contributed by atoms with van der Waals surface area (Å²) >= 11 is 0. The summed E-state index contributed by atoms with van der Waals surface area (Å²) < 4.78 is 52.8. The Balaban J connectivity index is 1.33. The van der Waals surface area contributed by atoms with Crippen molar-refractivity contribution < 1.29 is 27.4 Å². The molecule has 0 spiro atoms. The van der Waals surface area contributed by atoms with E-state index >= 15 is 0 Å². The smallest absolute Gasteiger partial charge is 0.417 e. The van der Waals surface area contributed by atoms with Crippen LogP contribution >= 0.6 is 0 Å². The second kappa shape index (κ2) is 14.1. The molecule has 6 rings (SSSR count). The lowest BCUT2D eigenvalue weighted by Crippen LogP contribution is -2.31. The van der Waals surface area contributed by atoms with Gasteiger partial charge in [0.25, 0.3) is 0 Å². The minimum Gasteiger partial charge on any atom is -0.496 e. The molecule has 0 bridgehead atoms. The minimum absolute atomic E-state index is 0.0751. The highest BCUT2D eigenvalue weighted by atomic mass is 19.4. The maximum atomic E-state index is 13.9. The molecule has 1 aliphatic heterocycles. The molecule has 5 aromatic rings. The summed E-state index contributed by atoms with van der Waals surface area (Å²) in [5, 5.41) is 0. The SMILES string of the molecule is COc1cc(/C=C/c2cccc(-c3cccc(-c4nc5c(c(OC)n4)CN(Cc4ccccc4)CC5)c3C)c2C)c(C(F)(F)F)cc1C=O. The van der Waals surface area contributed by atoms with Crippen molar-refractivity contribution in [2.24, 2.45) is 0 Å². The highest BCUT2D eigenvalue weighted by Gasteiger charge is 2.34. The highest BCUT2D eigenvalue weighted by molar-refractivity contribution is 5.85. The summed E-state index contributed by atoms with van der Waals surface area (Å²) in [5.41, 5.74) is 7.47. The molecule has 9 heteroatoms. The number of halogens is 3. The molecule has 0 fully saturated rings. The van der Waals surface area contributed by atoms with Gasteiger partial charge in [0, 0.05) is 37.2 Å². The maximum absolute atomic E-state index is 13.9. The first-order valence-corrected chi connectivity index (χ1v) is 15.9. The fourth-order valence-electron chi connectivity index (χ4n) is 6.45. The molecule has 0 aliphatic carbocycles. The molecule has 2 heterocycles. The van der Waals surface area contributed by atoms with Gasteiger partial charge in [0.05, 0.1) is 31.0 Å². The predicted octanol–water partition coefficient (Wildman–Crippen LogP) is 9.00. The van der Waals surface area contributed by atoms with E-state index in [1.165, 1.54) is 24.8 Å². The van der Waals surface area contributed by atoms with Gasteiger partial charge in [-0.25, -0.2) is 4.98 Å². The average Bonchev–Trinajstić information content (AvgIpc) is 3.10. The average molecular weight is 664 g/mol. The molecule has 1 aliphatic rings. The minimum atomic E-state index is -4.65. The summed E-state index contributed by atoms with van der Waals surface area (Å²) in [4.78, 5) is 23.7. The van der Waals surface area contributed by atoms with E-state index in [4.69, 9.17) is 19.4 Å². The second-order valence-corrected chi connectivity index (χ2v) is 12.1. The van der Waals surface area contributed by atoms with Crippen molar-refractivity contribution in [2.45, 2.75) is 39.5 Å². The van der Waals surface area contributed by atoms with E-state index in [2.05, 4.69) is 29.2 Å². The van der Waals surface area contributed by atoms with Crippen LogP contribution in [0.5, 0.6) is 11.6 Å². The van der Waals surface area contributed by atoms with Gasteiger partial charge in [0.15, 0.2) is 12.1 Å². The maximum Gasteiger partial charge on any atom is 0.417 e. The van der Waals surface area contributed by atoms with Crippen LogP contribution in [0.2, 0.25) is 0 Å². The van der Waals surface area contributed by atoms with Crippen LogP contribution < -0.4 is 9.47 Å². The number of benzene rings is 4. The van der Waals surface area contributed by atoms with Crippen LogP contribution in [0.25, 0.3) is 34.7 Å². The number of nitrogens with zero attached hydrogens (tertiary/aromatic N) is 3. The van der Waals surface area contributed by atoms with E-state index in [0.29, 0.717) is 24.5 Å². The monoisotopic (exact) mass is 663 g/mol. The van der Waals surface area contributed by atoms with Crippen LogP contribution in [0.1, 0.15) is 55.0 Å². The molecule has 6 nitrogen and oxygen atoms in total. The first-order valence-electron chi connectivity index (χ1n) is 15.9. The van der Waals surface area contributed by atoms with Crippen LogP contribution in [-0.4, -0.2) is 41.9 Å². The number of hydrogen-bond donors (Lipinski definition) is 0. The van der Waals surface area contributed by atoms with Gasteiger partial charge in [-0.1, -0.05) is 78.9 Å². The van der Waals surface area contributed by atoms with E-state index in [-0.39, 0.29) is 16.9 Å². The number of aldehydes is 1. The van der Waals surface area contributed by atoms with Crippen LogP contribution in [0, 0.1) is 13.8 Å². The summed E-state index contributed by atoms with van der Waals surface area (Å²) in [6.45, 7) is 6.38. The van der Waals surface area contributed by atoms with Gasteiger partial charge in [-0.3, -0.25) is 9.69 Å². The fraction of sp³-hybridized carbons (Fsp3) is 0.225. The molecule has 4 aromatic carbocycles. The Bertz CT molecular complexity index is 2020. The Morgan fingerprint density at radius 2 is 1.49 bits per heavy atom. The Kier molecular flexibility index (Phi) is 9.65. The van der Waals surface area contributed by atoms with Gasteiger partial charge in [-0.2, -0.15) is 18.2 Å². The van der Waals surface area contributed by atoms with Crippen molar-refractivity contribution in [3.05, 3.63) is 129 Å². The number of carbonyl (C=O) groups excluding carboxylic acids is 1. The molecule has 0 atom stereocenters. The van der Waals surface area contributed by atoms with Gasteiger partial charge in [-0.05, 0) is 64.9 Å². The first-order chi connectivity index (χ1) is 23.6. The molecule has 0 N–H and O–H groups in total. The Labute approximate surface area is 283 Å². The van der Waals surface area contributed by atoms with Crippen molar-refractivity contribution in [3.63, 3.8) is 0 Å². The highest BCUT2D eigenvalue weighted by Crippen LogP contribution is 2.38. The molecule has 0 unspecified atom stereocenters. The zero-order valence-electron chi connectivity index (χ0n) is 27.8. The van der Waals surface area contributed by atoms with Gasteiger partial charge >= 0.3 is 6.18 Å². The molecule has 0 radical (unpaired) electrons. The second-order valence-electron chi connectivity index (χ2n) is 12.1. The van der Waals surface area contributed by atoms with Crippen molar-refractivity contribution in [3.8, 4) is 34.1 Å². The standard InChI is InChI=1S/C40H36F3N3O3/c1-25-28(16-17-29-21-37(48-3)30(24-47)20-35(29)40(41,42)43)12-8-13-31(25)32-14-9-15-33(26(32)2)38-44-36-18-19-46(22-27-10-6-5-7-11-27)23-34(36)39(45-38)49-4/h5-17,20-21,24H,18-19,22-23H2,1-4H3/b17-16+. The number of fused-ring (bicyclic) bond motifs is 1. The zero-order valence-corrected chi connectivity index (χ0v) is 27.8. The van der Waals surface area contributed by atoms with Crippen LogP contribution in [0.4, 0.5) is 13.2 Å². The van der Waals surface area contributed by atoms with Crippen LogP contribution in [0.3, 0.4) is 0 Å². The quantitative estimate of drug-likeness (QED) is 0.116. The number of hydrogen-bond acceptors (Lipinski definition) is 6. The Hall–Kier alpha value is -5.28. The van der Waals surface area contributed by atoms with E-state index in [9.17, 15) is 18.0 Å². The number of ether oxygens (including phenoxy) is 2. The molecule has 49 heavy (non-hydrogen) atoms. The van der Waals surface area contributed by atoms with Crippen LogP contribution in [-0.2, 0) is 25.7 Å². The third kappa shape index (κ3) is 6.98. The van der Waals surface area contributed by atoms with Gasteiger partial charge in [0.2, 0.25) is 5.88 Å². The van der Waals surface area contributed by atoms with E-state index in [1.807, 2.05) is 56.3 Å². The zero-order chi connectivity index (χ0) is 34.7. The lowest BCUT2D eigenvalue weighted by atomic mass is 9.90. The van der Waals surface area contributed by atoms with Crippen LogP contribution in [0.15, 0.2) is 78.9 Å². The molecule has 1 aromatic heterocycles. The van der Waals surface area contributed by atoms with E-state index in [0.717, 1.165) is 70.2 Å². The predicted molar refractivity (Wildman–Crippen MR) is 186 cm³/mol. The fourth-order valence-corrected chi connectivity index (χ4v) is 6.45. The van der Waals surface area contributed by atoms with Crippen molar-refractivity contribution in [1.29, 1.82) is 0 Å². The Morgan fingerprint density at radius 3 is 2.18 bits per heavy atom.